The molecular formula is C10H8ClNO3. The molecule has 0 atom stereocenters. The second-order valence-electron chi connectivity index (χ2n) is 2.95. The summed E-state index contributed by atoms with van der Waals surface area (Å²) in [7, 11) is 1.50. The van der Waals surface area contributed by atoms with Crippen LogP contribution in [0.3, 0.4) is 0 Å². The third kappa shape index (κ3) is 1.55. The molecule has 1 aliphatic rings. The summed E-state index contributed by atoms with van der Waals surface area (Å²) in [5, 5.41) is 9.02. The van der Waals surface area contributed by atoms with Gasteiger partial charge in [-0.1, -0.05) is 11.6 Å². The van der Waals surface area contributed by atoms with E-state index in [4.69, 9.17) is 31.1 Å². The van der Waals surface area contributed by atoms with E-state index in [9.17, 15) is 0 Å². The van der Waals surface area contributed by atoms with Gasteiger partial charge < -0.3 is 14.2 Å². The van der Waals surface area contributed by atoms with Crippen molar-refractivity contribution in [1.82, 2.24) is 0 Å². The maximum atomic E-state index is 8.66. The van der Waals surface area contributed by atoms with Crippen LogP contribution in [0.15, 0.2) is 6.07 Å². The number of fused-ring (bicyclic) bond motifs is 1. The summed E-state index contributed by atoms with van der Waals surface area (Å²) in [5.74, 6) is 1.52. The molecule has 0 saturated heterocycles. The third-order valence-electron chi connectivity index (χ3n) is 2.11. The normalized spacial score (nSPS) is 12.3. The van der Waals surface area contributed by atoms with E-state index in [0.29, 0.717) is 27.8 Å². The lowest BCUT2D eigenvalue weighted by atomic mass is 10.1. The van der Waals surface area contributed by atoms with Gasteiger partial charge in [-0.05, 0) is 6.07 Å². The molecule has 1 aromatic carbocycles. The van der Waals surface area contributed by atoms with Crippen molar-refractivity contribution in [2.45, 2.75) is 6.42 Å². The van der Waals surface area contributed by atoms with Crippen molar-refractivity contribution in [2.24, 2.45) is 0 Å². The van der Waals surface area contributed by atoms with E-state index in [1.807, 2.05) is 6.07 Å². The van der Waals surface area contributed by atoms with E-state index in [1.54, 1.807) is 6.07 Å². The van der Waals surface area contributed by atoms with Gasteiger partial charge in [-0.25, -0.2) is 0 Å². The molecule has 1 heterocycles. The molecule has 0 unspecified atom stereocenters. The largest absolute Gasteiger partial charge is 0.495 e. The molecule has 4 nitrogen and oxygen atoms in total. The number of methoxy groups -OCH3 is 1. The number of rotatable bonds is 2. The van der Waals surface area contributed by atoms with Crippen LogP contribution in [-0.2, 0) is 6.42 Å². The van der Waals surface area contributed by atoms with E-state index in [2.05, 4.69) is 0 Å². The van der Waals surface area contributed by atoms with Crippen molar-refractivity contribution in [3.8, 4) is 23.3 Å². The first-order chi connectivity index (χ1) is 7.27. The highest BCUT2D eigenvalue weighted by Gasteiger charge is 2.23. The quantitative estimate of drug-likeness (QED) is 0.774. The smallest absolute Gasteiger partial charge is 0.231 e. The van der Waals surface area contributed by atoms with Gasteiger partial charge >= 0.3 is 0 Å². The second kappa shape index (κ2) is 3.87. The highest BCUT2D eigenvalue weighted by Crippen LogP contribution is 2.46. The van der Waals surface area contributed by atoms with Crippen molar-refractivity contribution in [3.05, 3.63) is 16.7 Å². The van der Waals surface area contributed by atoms with Gasteiger partial charge in [-0.3, -0.25) is 0 Å². The number of nitriles is 1. The van der Waals surface area contributed by atoms with E-state index >= 15 is 0 Å². The lowest BCUT2D eigenvalue weighted by Crippen LogP contribution is -1.93. The lowest BCUT2D eigenvalue weighted by Gasteiger charge is -2.09. The standard InChI is InChI=1S/C10H8ClNO3/c1-13-9-6(2-3-12)4-7-10(8(9)11)15-5-14-7/h4H,2,5H2,1H3. The molecule has 0 aliphatic carbocycles. The molecule has 2 rings (SSSR count). The van der Waals surface area contributed by atoms with Crippen molar-refractivity contribution in [1.29, 1.82) is 5.26 Å². The summed E-state index contributed by atoms with van der Waals surface area (Å²) >= 11 is 6.06. The molecule has 0 aromatic heterocycles. The van der Waals surface area contributed by atoms with Crippen molar-refractivity contribution < 1.29 is 14.2 Å². The molecular weight excluding hydrogens is 218 g/mol. The summed E-state index contributed by atoms with van der Waals surface area (Å²) in [4.78, 5) is 0. The molecule has 0 bridgehead atoms. The molecule has 1 aliphatic heterocycles. The average molecular weight is 226 g/mol. The Labute approximate surface area is 91.9 Å². The molecule has 0 fully saturated rings. The zero-order valence-electron chi connectivity index (χ0n) is 8.04. The van der Waals surface area contributed by atoms with E-state index in [-0.39, 0.29) is 13.2 Å². The Morgan fingerprint density at radius 2 is 2.40 bits per heavy atom. The van der Waals surface area contributed by atoms with E-state index in [0.717, 1.165) is 0 Å². The molecule has 5 heteroatoms. The van der Waals surface area contributed by atoms with Gasteiger partial charge in [0.05, 0.1) is 19.6 Å². The van der Waals surface area contributed by atoms with Crippen LogP contribution in [-0.4, -0.2) is 13.9 Å². The number of halogens is 1. The summed E-state index contributed by atoms with van der Waals surface area (Å²) < 4.78 is 15.5. The first-order valence-electron chi connectivity index (χ1n) is 4.30. The van der Waals surface area contributed by atoms with Gasteiger partial charge in [0.15, 0.2) is 11.5 Å². The Kier molecular flexibility index (Phi) is 2.57. The number of hydrogen-bond acceptors (Lipinski definition) is 4. The molecule has 0 saturated carbocycles. The fourth-order valence-corrected chi connectivity index (χ4v) is 1.82. The van der Waals surface area contributed by atoms with Gasteiger partial charge in [0.2, 0.25) is 6.79 Å². The fourth-order valence-electron chi connectivity index (χ4n) is 1.47. The molecule has 0 spiro atoms. The summed E-state index contributed by atoms with van der Waals surface area (Å²) in [5.41, 5.74) is 0.703. The minimum Gasteiger partial charge on any atom is -0.495 e. The Hall–Kier alpha value is -1.60. The summed E-state index contributed by atoms with van der Waals surface area (Å²) in [6.45, 7) is 0.147. The first kappa shape index (κ1) is 9.94. The van der Waals surface area contributed by atoms with Crippen LogP contribution in [0, 0.1) is 11.3 Å². The Morgan fingerprint density at radius 1 is 1.60 bits per heavy atom. The van der Waals surface area contributed by atoms with Crippen LogP contribution in [0.25, 0.3) is 0 Å². The van der Waals surface area contributed by atoms with Gasteiger partial charge in [-0.2, -0.15) is 5.26 Å². The Bertz CT molecular complexity index is 439. The van der Waals surface area contributed by atoms with Gasteiger partial charge in [0, 0.05) is 5.56 Å². The highest BCUT2D eigenvalue weighted by atomic mass is 35.5. The Morgan fingerprint density at radius 3 is 3.07 bits per heavy atom. The zero-order chi connectivity index (χ0) is 10.8. The SMILES string of the molecule is COc1c(CC#N)cc2c(c1Cl)OCO2. The van der Waals surface area contributed by atoms with Crippen LogP contribution in [0.1, 0.15) is 5.56 Å². The van der Waals surface area contributed by atoms with Gasteiger partial charge in [0.1, 0.15) is 10.8 Å². The maximum absolute atomic E-state index is 8.66. The van der Waals surface area contributed by atoms with Gasteiger partial charge in [-0.15, -0.1) is 0 Å². The van der Waals surface area contributed by atoms with Crippen LogP contribution >= 0.6 is 11.6 Å². The van der Waals surface area contributed by atoms with Crippen LogP contribution in [0.2, 0.25) is 5.02 Å². The lowest BCUT2D eigenvalue weighted by molar-refractivity contribution is 0.174. The van der Waals surface area contributed by atoms with Crippen molar-refractivity contribution >= 4 is 11.6 Å². The molecule has 78 valence electrons. The molecule has 0 amide bonds. The molecule has 0 radical (unpaired) electrons. The summed E-state index contributed by atoms with van der Waals surface area (Å²) in [6, 6.07) is 3.76. The van der Waals surface area contributed by atoms with E-state index in [1.165, 1.54) is 7.11 Å². The Balaban J connectivity index is 2.57. The monoisotopic (exact) mass is 225 g/mol. The minimum absolute atomic E-state index is 0.147. The number of nitrogens with zero attached hydrogens (tertiary/aromatic N) is 1. The topological polar surface area (TPSA) is 51.5 Å². The fraction of sp³-hybridized carbons (Fsp3) is 0.300. The number of ether oxygens (including phenoxy) is 3. The summed E-state index contributed by atoms with van der Waals surface area (Å²) in [6.07, 6.45) is 0.222. The van der Waals surface area contributed by atoms with Gasteiger partial charge in [0.25, 0.3) is 0 Å². The molecule has 0 N–H and O–H groups in total. The zero-order valence-corrected chi connectivity index (χ0v) is 8.80. The number of benzene rings is 1. The average Bonchev–Trinajstić information content (AvgIpc) is 2.67. The van der Waals surface area contributed by atoms with Crippen molar-refractivity contribution in [2.75, 3.05) is 13.9 Å². The predicted octanol–water partition coefficient (Wildman–Crippen LogP) is 2.14. The number of hydrogen-bond donors (Lipinski definition) is 0. The van der Waals surface area contributed by atoms with Crippen LogP contribution < -0.4 is 14.2 Å². The predicted molar refractivity (Wildman–Crippen MR) is 53.4 cm³/mol. The van der Waals surface area contributed by atoms with E-state index < -0.39 is 0 Å². The second-order valence-corrected chi connectivity index (χ2v) is 3.33. The third-order valence-corrected chi connectivity index (χ3v) is 2.45. The van der Waals surface area contributed by atoms with Crippen LogP contribution in [0.5, 0.6) is 17.2 Å². The minimum atomic E-state index is 0.147. The first-order valence-corrected chi connectivity index (χ1v) is 4.67. The van der Waals surface area contributed by atoms with Crippen LogP contribution in [0.4, 0.5) is 0 Å². The highest BCUT2D eigenvalue weighted by molar-refractivity contribution is 6.34. The maximum Gasteiger partial charge on any atom is 0.231 e. The molecule has 1 aromatic rings. The van der Waals surface area contributed by atoms with Crippen molar-refractivity contribution in [3.63, 3.8) is 0 Å². The molecule has 15 heavy (non-hydrogen) atoms.